The van der Waals surface area contributed by atoms with Crippen LogP contribution in [-0.2, 0) is 37.2 Å². The monoisotopic (exact) mass is 634 g/mol. The van der Waals surface area contributed by atoms with Crippen molar-refractivity contribution < 1.29 is 37.2 Å². The van der Waals surface area contributed by atoms with Gasteiger partial charge in [-0.15, -0.1) is 0 Å². The van der Waals surface area contributed by atoms with E-state index in [1.807, 2.05) is 0 Å². The van der Waals surface area contributed by atoms with E-state index in [0.717, 1.165) is 12.1 Å². The van der Waals surface area contributed by atoms with Crippen LogP contribution in [0.2, 0.25) is 0 Å². The molecule has 246 valence electrons. The normalized spacial score (nSPS) is 15.3. The topological polar surface area (TPSA) is 177 Å². The van der Waals surface area contributed by atoms with Crippen LogP contribution in [0.15, 0.2) is 42.5 Å². The molecule has 3 rings (SSSR count). The lowest BCUT2D eigenvalue weighted by Crippen LogP contribution is -2.52. The molecular formula is C30H42BF3N6O5. The van der Waals surface area contributed by atoms with Crippen LogP contribution in [0.4, 0.5) is 18.9 Å². The molecule has 3 amide bonds. The molecule has 0 spiro atoms. The van der Waals surface area contributed by atoms with Gasteiger partial charge in [-0.2, -0.15) is 13.2 Å². The maximum Gasteiger partial charge on any atom is 0.492 e. The van der Waals surface area contributed by atoms with Gasteiger partial charge in [0.25, 0.3) is 0 Å². The zero-order chi connectivity index (χ0) is 33.5. The van der Waals surface area contributed by atoms with Crippen molar-refractivity contribution in [2.24, 2.45) is 17.2 Å². The summed E-state index contributed by atoms with van der Waals surface area (Å²) in [5.41, 5.74) is 17.9. The van der Waals surface area contributed by atoms with Gasteiger partial charge in [0.15, 0.2) is 0 Å². The molecule has 2 atom stereocenters. The molecule has 0 unspecified atom stereocenters. The third kappa shape index (κ3) is 9.27. The van der Waals surface area contributed by atoms with E-state index in [2.05, 4.69) is 5.32 Å². The second-order valence-electron chi connectivity index (χ2n) is 11.5. The van der Waals surface area contributed by atoms with E-state index in [1.54, 1.807) is 32.0 Å². The molecule has 1 heterocycles. The molecule has 0 radical (unpaired) electrons. The van der Waals surface area contributed by atoms with Gasteiger partial charge in [-0.1, -0.05) is 18.2 Å². The molecule has 0 saturated heterocycles. The minimum Gasteiger partial charge on any atom is -0.423 e. The summed E-state index contributed by atoms with van der Waals surface area (Å²) in [7, 11) is 0.426. The standard InChI is InChI=1S/C30H42BF3N6O5/c1-29(2)22-18-21(9-10-23(22)31(44)45-29)39(3)28(43)25(12-6-19-4-7-20(8-5-19)30(32,33)34)38-27(42)24(37)11-13-26(41)40(16-14-35)17-15-36/h4-5,7-10,18,24-25,44H,6,11-17,35-37H2,1-3H3,(H,38,42)/t24-,25+/m0/s1. The number of likely N-dealkylation sites (N-methyl/N-ethyl adjacent to an activating group) is 1. The summed E-state index contributed by atoms with van der Waals surface area (Å²) in [5, 5.41) is 12.9. The number of amides is 3. The van der Waals surface area contributed by atoms with Crippen LogP contribution in [0.3, 0.4) is 0 Å². The van der Waals surface area contributed by atoms with E-state index in [0.29, 0.717) is 35.4 Å². The van der Waals surface area contributed by atoms with Gasteiger partial charge in [0, 0.05) is 45.3 Å². The minimum absolute atomic E-state index is 0.00813. The number of fused-ring (bicyclic) bond motifs is 1. The summed E-state index contributed by atoms with van der Waals surface area (Å²) in [6.45, 7) is 4.72. The largest absolute Gasteiger partial charge is 0.492 e. The highest BCUT2D eigenvalue weighted by Gasteiger charge is 2.41. The number of alkyl halides is 3. The maximum absolute atomic E-state index is 13.8. The second-order valence-corrected chi connectivity index (χ2v) is 11.5. The Morgan fingerprint density at radius 3 is 2.24 bits per heavy atom. The molecule has 1 aliphatic heterocycles. The Morgan fingerprint density at radius 2 is 1.67 bits per heavy atom. The first-order valence-corrected chi connectivity index (χ1v) is 14.8. The number of nitrogens with zero attached hydrogens (tertiary/aromatic N) is 2. The summed E-state index contributed by atoms with van der Waals surface area (Å²) in [5.74, 6) is -1.40. The van der Waals surface area contributed by atoms with Gasteiger partial charge < -0.3 is 42.0 Å². The zero-order valence-corrected chi connectivity index (χ0v) is 25.8. The summed E-state index contributed by atoms with van der Waals surface area (Å²) in [6.07, 6.45) is -4.26. The van der Waals surface area contributed by atoms with Crippen molar-refractivity contribution in [2.45, 2.75) is 63.4 Å². The lowest BCUT2D eigenvalue weighted by Gasteiger charge is -2.27. The molecular weight excluding hydrogens is 592 g/mol. The highest BCUT2D eigenvalue weighted by Crippen LogP contribution is 2.32. The van der Waals surface area contributed by atoms with Crippen molar-refractivity contribution in [3.8, 4) is 0 Å². The lowest BCUT2D eigenvalue weighted by atomic mass is 9.78. The Balaban J connectivity index is 1.77. The summed E-state index contributed by atoms with van der Waals surface area (Å²) < 4.78 is 44.7. The zero-order valence-electron chi connectivity index (χ0n) is 25.8. The Kier molecular flexibility index (Phi) is 12.1. The average molecular weight is 635 g/mol. The van der Waals surface area contributed by atoms with E-state index in [9.17, 15) is 32.6 Å². The van der Waals surface area contributed by atoms with Gasteiger partial charge in [0.2, 0.25) is 17.7 Å². The quantitative estimate of drug-likeness (QED) is 0.188. The van der Waals surface area contributed by atoms with Crippen molar-refractivity contribution in [1.29, 1.82) is 0 Å². The van der Waals surface area contributed by atoms with E-state index in [-0.39, 0.29) is 44.7 Å². The van der Waals surface area contributed by atoms with Gasteiger partial charge in [0.05, 0.1) is 17.2 Å². The Hall–Kier alpha value is -3.50. The van der Waals surface area contributed by atoms with Crippen LogP contribution in [-0.4, -0.2) is 80.1 Å². The van der Waals surface area contributed by atoms with E-state index in [4.69, 9.17) is 21.9 Å². The Bertz CT molecular complexity index is 1340. The van der Waals surface area contributed by atoms with Gasteiger partial charge in [-0.3, -0.25) is 14.4 Å². The predicted octanol–water partition coefficient (Wildman–Crippen LogP) is 0.592. The van der Waals surface area contributed by atoms with Gasteiger partial charge >= 0.3 is 13.3 Å². The number of benzene rings is 2. The molecule has 8 N–H and O–H groups in total. The Labute approximate surface area is 261 Å². The van der Waals surface area contributed by atoms with E-state index < -0.39 is 48.4 Å². The number of anilines is 1. The molecule has 0 aliphatic carbocycles. The van der Waals surface area contributed by atoms with Crippen molar-refractivity contribution >= 4 is 36.0 Å². The van der Waals surface area contributed by atoms with Gasteiger partial charge in [-0.25, -0.2) is 0 Å². The third-order valence-corrected chi connectivity index (χ3v) is 7.85. The van der Waals surface area contributed by atoms with Gasteiger partial charge in [0.1, 0.15) is 6.04 Å². The molecule has 0 bridgehead atoms. The van der Waals surface area contributed by atoms with Crippen molar-refractivity contribution in [2.75, 3.05) is 38.1 Å². The van der Waals surface area contributed by atoms with Crippen LogP contribution in [0.5, 0.6) is 0 Å². The fraction of sp³-hybridized carbons (Fsp3) is 0.500. The molecule has 15 heteroatoms. The molecule has 0 fully saturated rings. The molecule has 0 saturated carbocycles. The number of nitrogens with one attached hydrogen (secondary N) is 1. The summed E-state index contributed by atoms with van der Waals surface area (Å²) in [4.78, 5) is 42.4. The first-order valence-electron chi connectivity index (χ1n) is 14.8. The van der Waals surface area contributed by atoms with Crippen LogP contribution in [0.1, 0.15) is 49.8 Å². The van der Waals surface area contributed by atoms with E-state index >= 15 is 0 Å². The molecule has 2 aromatic rings. The number of hydrogen-bond donors (Lipinski definition) is 5. The molecule has 45 heavy (non-hydrogen) atoms. The number of aryl methyl sites for hydroxylation is 1. The molecule has 0 aromatic heterocycles. The summed E-state index contributed by atoms with van der Waals surface area (Å²) >= 11 is 0. The SMILES string of the molecule is CN(C(=O)[C@@H](CCc1ccc(C(F)(F)F)cc1)NC(=O)[C@@H](N)CCC(=O)N(CCN)CCN)c1ccc2c(c1)C(C)(C)OB2O. The van der Waals surface area contributed by atoms with Gasteiger partial charge in [-0.05, 0) is 74.0 Å². The first kappa shape index (κ1) is 36.0. The molecule has 11 nitrogen and oxygen atoms in total. The number of carbonyl (C=O) groups is 3. The van der Waals surface area contributed by atoms with Crippen molar-refractivity contribution in [3.05, 3.63) is 59.2 Å². The summed E-state index contributed by atoms with van der Waals surface area (Å²) in [6, 6.07) is 7.41. The number of halogens is 3. The van der Waals surface area contributed by atoms with Crippen LogP contribution >= 0.6 is 0 Å². The first-order chi connectivity index (χ1) is 21.1. The highest BCUT2D eigenvalue weighted by molar-refractivity contribution is 6.62. The smallest absolute Gasteiger partial charge is 0.423 e. The van der Waals surface area contributed by atoms with Crippen LogP contribution in [0.25, 0.3) is 0 Å². The van der Waals surface area contributed by atoms with Crippen molar-refractivity contribution in [1.82, 2.24) is 10.2 Å². The molecule has 2 aromatic carbocycles. The van der Waals surface area contributed by atoms with E-state index in [1.165, 1.54) is 29.0 Å². The second kappa shape index (κ2) is 15.2. The number of hydrogen-bond acceptors (Lipinski definition) is 8. The van der Waals surface area contributed by atoms with Crippen LogP contribution in [0, 0.1) is 0 Å². The number of carbonyl (C=O) groups excluding carboxylic acids is 3. The minimum atomic E-state index is -4.48. The van der Waals surface area contributed by atoms with Crippen molar-refractivity contribution in [3.63, 3.8) is 0 Å². The number of rotatable bonds is 14. The third-order valence-electron chi connectivity index (χ3n) is 7.85. The predicted molar refractivity (Wildman–Crippen MR) is 165 cm³/mol. The molecule has 1 aliphatic rings. The average Bonchev–Trinajstić information content (AvgIpc) is 3.23. The highest BCUT2D eigenvalue weighted by atomic mass is 19.4. The lowest BCUT2D eigenvalue weighted by molar-refractivity contribution is -0.137. The number of nitrogens with two attached hydrogens (primary N) is 3. The maximum atomic E-state index is 13.8. The Morgan fingerprint density at radius 1 is 1.04 bits per heavy atom. The van der Waals surface area contributed by atoms with Crippen LogP contribution < -0.4 is 32.9 Å². The fourth-order valence-electron chi connectivity index (χ4n) is 5.21. The fourth-order valence-corrected chi connectivity index (χ4v) is 5.21.